The molecule has 1 heterocycles. The number of anilines is 1. The summed E-state index contributed by atoms with van der Waals surface area (Å²) in [4.78, 5) is 52.4. The lowest BCUT2D eigenvalue weighted by molar-refractivity contribution is -0.191. The van der Waals surface area contributed by atoms with Gasteiger partial charge in [-0.1, -0.05) is 32.8 Å². The van der Waals surface area contributed by atoms with Crippen molar-refractivity contribution < 1.29 is 29.1 Å². The van der Waals surface area contributed by atoms with E-state index < -0.39 is 0 Å². The van der Waals surface area contributed by atoms with Crippen molar-refractivity contribution in [2.75, 3.05) is 11.9 Å². The molecular weight excluding hydrogens is 376 g/mol. The Labute approximate surface area is 169 Å². The summed E-state index contributed by atoms with van der Waals surface area (Å²) in [6.07, 6.45) is 6.39. The van der Waals surface area contributed by atoms with Crippen LogP contribution in [-0.4, -0.2) is 40.4 Å². The van der Waals surface area contributed by atoms with E-state index in [0.717, 1.165) is 29.7 Å². The molecule has 156 valence electrons. The average Bonchev–Trinajstić information content (AvgIpc) is 2.97. The summed E-state index contributed by atoms with van der Waals surface area (Å²) in [5.74, 6) is -0.383. The number of hydrogen-bond donors (Lipinski definition) is 2. The van der Waals surface area contributed by atoms with Crippen molar-refractivity contribution in [2.45, 2.75) is 46.0 Å². The van der Waals surface area contributed by atoms with E-state index in [-0.39, 0.29) is 42.6 Å². The molecule has 2 N–H and O–H groups in total. The van der Waals surface area contributed by atoms with Gasteiger partial charge < -0.3 is 10.4 Å². The van der Waals surface area contributed by atoms with Crippen molar-refractivity contribution in [2.24, 2.45) is 5.92 Å². The van der Waals surface area contributed by atoms with Crippen LogP contribution >= 0.6 is 0 Å². The van der Waals surface area contributed by atoms with Crippen LogP contribution in [-0.2, 0) is 30.4 Å². The number of nitrogens with zero attached hydrogens (tertiary/aromatic N) is 1. The summed E-state index contributed by atoms with van der Waals surface area (Å²) in [5, 5.41) is 12.7. The summed E-state index contributed by atoms with van der Waals surface area (Å²) in [6.45, 7) is 4.54. The highest BCUT2D eigenvalue weighted by Gasteiger charge is 2.22. The van der Waals surface area contributed by atoms with Crippen molar-refractivity contribution >= 4 is 29.6 Å². The second-order valence-corrected chi connectivity index (χ2v) is 6.85. The van der Waals surface area contributed by atoms with Crippen molar-refractivity contribution in [3.8, 4) is 5.75 Å². The van der Waals surface area contributed by atoms with Gasteiger partial charge in [-0.15, -0.1) is 0 Å². The van der Waals surface area contributed by atoms with E-state index in [9.17, 15) is 19.5 Å². The molecule has 0 spiro atoms. The van der Waals surface area contributed by atoms with E-state index in [1.165, 1.54) is 12.2 Å². The third-order valence-electron chi connectivity index (χ3n) is 4.39. The van der Waals surface area contributed by atoms with Gasteiger partial charge >= 0.3 is 6.15 Å². The van der Waals surface area contributed by atoms with Gasteiger partial charge in [-0.05, 0) is 36.5 Å². The molecule has 0 radical (unpaired) electrons. The monoisotopic (exact) mass is 402 g/mol. The first kappa shape index (κ1) is 23.8. The van der Waals surface area contributed by atoms with Crippen molar-refractivity contribution in [3.63, 3.8) is 0 Å². The summed E-state index contributed by atoms with van der Waals surface area (Å²) < 4.78 is 0. The highest BCUT2D eigenvalue weighted by Crippen LogP contribution is 2.26. The fourth-order valence-electron chi connectivity index (χ4n) is 3.07. The molecule has 0 unspecified atom stereocenters. The number of rotatable bonds is 9. The minimum absolute atomic E-state index is 0.0272. The maximum Gasteiger partial charge on any atom is 0.373 e. The van der Waals surface area contributed by atoms with Gasteiger partial charge in [0, 0.05) is 25.1 Å². The number of hydrogen-bond acceptors (Lipinski definition) is 6. The molecule has 0 saturated carbocycles. The number of amides is 3. The van der Waals surface area contributed by atoms with E-state index >= 15 is 0 Å². The number of benzene rings is 1. The fraction of sp³-hybridized carbons (Fsp3) is 0.429. The SMILES string of the molecule is CCC[C@@H](C)Cc1ccc(O)c(NC(=O)CCCN2C(=O)C=CC2=O)c1.O=C=O. The lowest BCUT2D eigenvalue weighted by Gasteiger charge is -2.14. The first-order chi connectivity index (χ1) is 13.8. The molecule has 0 saturated heterocycles. The minimum Gasteiger partial charge on any atom is -0.506 e. The van der Waals surface area contributed by atoms with Gasteiger partial charge in [0.2, 0.25) is 5.91 Å². The van der Waals surface area contributed by atoms with E-state index in [0.29, 0.717) is 18.0 Å². The lowest BCUT2D eigenvalue weighted by Crippen LogP contribution is -2.31. The number of carbonyl (C=O) groups excluding carboxylic acids is 5. The Kier molecular flexibility index (Phi) is 10.1. The van der Waals surface area contributed by atoms with Crippen molar-refractivity contribution in [1.82, 2.24) is 4.90 Å². The van der Waals surface area contributed by atoms with Crippen LogP contribution in [0, 0.1) is 5.92 Å². The van der Waals surface area contributed by atoms with Gasteiger partial charge in [0.15, 0.2) is 0 Å². The summed E-state index contributed by atoms with van der Waals surface area (Å²) in [6, 6.07) is 5.27. The smallest absolute Gasteiger partial charge is 0.373 e. The van der Waals surface area contributed by atoms with Crippen molar-refractivity contribution in [1.29, 1.82) is 0 Å². The van der Waals surface area contributed by atoms with E-state index in [1.54, 1.807) is 12.1 Å². The Morgan fingerprint density at radius 1 is 1.21 bits per heavy atom. The Morgan fingerprint density at radius 3 is 2.41 bits per heavy atom. The van der Waals surface area contributed by atoms with Gasteiger partial charge in [0.05, 0.1) is 5.69 Å². The van der Waals surface area contributed by atoms with Crippen LogP contribution in [0.5, 0.6) is 5.75 Å². The number of aromatic hydroxyl groups is 1. The molecule has 0 aliphatic carbocycles. The van der Waals surface area contributed by atoms with Gasteiger partial charge in [-0.3, -0.25) is 19.3 Å². The highest BCUT2D eigenvalue weighted by molar-refractivity contribution is 6.12. The zero-order valence-electron chi connectivity index (χ0n) is 16.6. The standard InChI is InChI=1S/C20H26N2O4.CO2/c1-3-5-14(2)12-15-7-8-17(23)16(13-15)21-18(24)6-4-11-22-19(25)9-10-20(22)26;2-1-3/h7-10,13-14,23H,3-6,11-12H2,1-2H3,(H,21,24);/t14-;/m1./s1. The Balaban J connectivity index is 0.00000132. The van der Waals surface area contributed by atoms with Crippen LogP contribution in [0.15, 0.2) is 30.4 Å². The van der Waals surface area contributed by atoms with Crippen LogP contribution in [0.25, 0.3) is 0 Å². The van der Waals surface area contributed by atoms with Gasteiger partial charge in [-0.25, -0.2) is 0 Å². The third-order valence-corrected chi connectivity index (χ3v) is 4.39. The molecular formula is C21H26N2O6. The molecule has 0 aromatic heterocycles. The second kappa shape index (κ2) is 12.3. The van der Waals surface area contributed by atoms with E-state index in [4.69, 9.17) is 9.59 Å². The van der Waals surface area contributed by atoms with Crippen LogP contribution in [0.4, 0.5) is 5.69 Å². The zero-order valence-corrected chi connectivity index (χ0v) is 16.6. The molecule has 0 fully saturated rings. The number of phenols is 1. The topological polar surface area (TPSA) is 121 Å². The first-order valence-corrected chi connectivity index (χ1v) is 9.46. The maximum absolute atomic E-state index is 12.1. The Morgan fingerprint density at radius 2 is 1.83 bits per heavy atom. The molecule has 1 aromatic carbocycles. The van der Waals surface area contributed by atoms with Crippen LogP contribution in [0.2, 0.25) is 0 Å². The van der Waals surface area contributed by atoms with Gasteiger partial charge in [0.1, 0.15) is 5.75 Å². The van der Waals surface area contributed by atoms with Crippen LogP contribution in [0.3, 0.4) is 0 Å². The average molecular weight is 402 g/mol. The molecule has 2 rings (SSSR count). The lowest BCUT2D eigenvalue weighted by atomic mass is 9.96. The number of phenolic OH excluding ortho intramolecular Hbond substituents is 1. The third kappa shape index (κ3) is 8.11. The molecule has 1 atom stereocenters. The first-order valence-electron chi connectivity index (χ1n) is 9.46. The van der Waals surface area contributed by atoms with E-state index in [2.05, 4.69) is 19.2 Å². The van der Waals surface area contributed by atoms with Gasteiger partial charge in [-0.2, -0.15) is 9.59 Å². The molecule has 8 nitrogen and oxygen atoms in total. The minimum atomic E-state index is -0.345. The molecule has 1 aliphatic rings. The van der Waals surface area contributed by atoms with Crippen LogP contribution < -0.4 is 5.32 Å². The van der Waals surface area contributed by atoms with E-state index in [1.807, 2.05) is 6.07 Å². The quantitative estimate of drug-likeness (QED) is 0.483. The number of carbonyl (C=O) groups is 3. The predicted octanol–water partition coefficient (Wildman–Crippen LogP) is 2.43. The normalized spacial score (nSPS) is 13.5. The fourth-order valence-corrected chi connectivity index (χ4v) is 3.07. The Hall–Kier alpha value is -3.25. The zero-order chi connectivity index (χ0) is 21.8. The molecule has 1 aromatic rings. The van der Waals surface area contributed by atoms with Crippen molar-refractivity contribution in [3.05, 3.63) is 35.9 Å². The largest absolute Gasteiger partial charge is 0.506 e. The summed E-state index contributed by atoms with van der Waals surface area (Å²) in [5.41, 5.74) is 1.46. The molecule has 1 aliphatic heterocycles. The highest BCUT2D eigenvalue weighted by atomic mass is 16.3. The number of imide groups is 1. The molecule has 0 bridgehead atoms. The summed E-state index contributed by atoms with van der Waals surface area (Å²) >= 11 is 0. The number of nitrogens with one attached hydrogen (secondary N) is 1. The predicted molar refractivity (Wildman–Crippen MR) is 105 cm³/mol. The molecule has 3 amide bonds. The second-order valence-electron chi connectivity index (χ2n) is 6.85. The Bertz CT molecular complexity index is 778. The van der Waals surface area contributed by atoms with Gasteiger partial charge in [0.25, 0.3) is 11.8 Å². The molecule has 29 heavy (non-hydrogen) atoms. The maximum atomic E-state index is 12.1. The summed E-state index contributed by atoms with van der Waals surface area (Å²) in [7, 11) is 0. The van der Waals surface area contributed by atoms with Crippen LogP contribution in [0.1, 0.15) is 45.1 Å². The molecule has 8 heteroatoms.